The van der Waals surface area contributed by atoms with Crippen LogP contribution in [0, 0.1) is 0 Å². The summed E-state index contributed by atoms with van der Waals surface area (Å²) in [7, 11) is 4.44. The Bertz CT molecular complexity index is 361. The number of fused-ring (bicyclic) bond motifs is 3. The van der Waals surface area contributed by atoms with Gasteiger partial charge in [-0.2, -0.15) is 0 Å². The molecule has 14 heavy (non-hydrogen) atoms. The zero-order valence-corrected chi connectivity index (χ0v) is 8.77. The third-order valence-corrected chi connectivity index (χ3v) is 3.72. The fraction of sp³-hybridized carbons (Fsp3) is 0.500. The molecule has 0 amide bonds. The second-order valence-electron chi connectivity index (χ2n) is 4.46. The fourth-order valence-electron chi connectivity index (χ4n) is 3.08. The van der Waals surface area contributed by atoms with Gasteiger partial charge in [-0.3, -0.25) is 4.90 Å². The van der Waals surface area contributed by atoms with Gasteiger partial charge in [0, 0.05) is 25.2 Å². The summed E-state index contributed by atoms with van der Waals surface area (Å²) in [5.41, 5.74) is 2.97. The number of rotatable bonds is 0. The van der Waals surface area contributed by atoms with Crippen LogP contribution in [0.5, 0.6) is 0 Å². The highest BCUT2D eigenvalue weighted by molar-refractivity contribution is 5.61. The van der Waals surface area contributed by atoms with E-state index in [1.165, 1.54) is 18.7 Å². The maximum Gasteiger partial charge on any atom is 0.0885 e. The summed E-state index contributed by atoms with van der Waals surface area (Å²) in [5, 5.41) is 0. The molecule has 1 fully saturated rings. The Morgan fingerprint density at radius 1 is 1.21 bits per heavy atom. The normalized spacial score (nSPS) is 30.6. The minimum absolute atomic E-state index is 0.604. The molecule has 0 spiro atoms. The van der Waals surface area contributed by atoms with Crippen LogP contribution in [0.2, 0.25) is 0 Å². The van der Waals surface area contributed by atoms with Crippen molar-refractivity contribution in [2.75, 3.05) is 25.5 Å². The van der Waals surface area contributed by atoms with Gasteiger partial charge >= 0.3 is 0 Å². The zero-order valence-electron chi connectivity index (χ0n) is 8.77. The number of likely N-dealkylation sites (tertiary alicyclic amines) is 1. The van der Waals surface area contributed by atoms with Crippen LogP contribution in [0.1, 0.15) is 17.9 Å². The molecule has 0 radical (unpaired) electrons. The molecule has 2 heterocycles. The first-order valence-electron chi connectivity index (χ1n) is 5.31. The summed E-state index contributed by atoms with van der Waals surface area (Å²) in [6, 6.07) is 8.82. The molecule has 2 aliphatic rings. The molecular formula is C12H16N2. The van der Waals surface area contributed by atoms with Crippen LogP contribution in [0.3, 0.4) is 0 Å². The minimum atomic E-state index is 0.604. The van der Waals surface area contributed by atoms with Crippen LogP contribution in [0.4, 0.5) is 5.69 Å². The van der Waals surface area contributed by atoms with E-state index >= 15 is 0 Å². The van der Waals surface area contributed by atoms with Gasteiger partial charge in [0.1, 0.15) is 0 Å². The smallest absolute Gasteiger partial charge is 0.0885 e. The molecule has 3 rings (SSSR count). The lowest BCUT2D eigenvalue weighted by Crippen LogP contribution is -2.39. The Labute approximate surface area is 85.1 Å². The van der Waals surface area contributed by atoms with Crippen molar-refractivity contribution >= 4 is 5.69 Å². The maximum atomic E-state index is 2.46. The van der Waals surface area contributed by atoms with Crippen LogP contribution in [-0.4, -0.2) is 31.7 Å². The number of hydrogen-bond acceptors (Lipinski definition) is 2. The van der Waals surface area contributed by atoms with Gasteiger partial charge in [-0.25, -0.2) is 0 Å². The van der Waals surface area contributed by atoms with E-state index in [1.807, 2.05) is 0 Å². The predicted octanol–water partition coefficient (Wildman–Crippen LogP) is 1.88. The minimum Gasteiger partial charge on any atom is -0.358 e. The van der Waals surface area contributed by atoms with E-state index in [-0.39, 0.29) is 0 Å². The molecule has 2 nitrogen and oxygen atoms in total. The predicted molar refractivity (Wildman–Crippen MR) is 58.6 cm³/mol. The van der Waals surface area contributed by atoms with E-state index < -0.39 is 0 Å². The van der Waals surface area contributed by atoms with Crippen molar-refractivity contribution < 1.29 is 0 Å². The first-order valence-corrected chi connectivity index (χ1v) is 5.31. The lowest BCUT2D eigenvalue weighted by Gasteiger charge is -2.28. The van der Waals surface area contributed by atoms with Gasteiger partial charge in [0.25, 0.3) is 0 Å². The quantitative estimate of drug-likeness (QED) is 0.613. The molecule has 0 N–H and O–H groups in total. The monoisotopic (exact) mass is 188 g/mol. The first kappa shape index (κ1) is 8.30. The molecule has 2 atom stereocenters. The van der Waals surface area contributed by atoms with Gasteiger partial charge in [-0.15, -0.1) is 0 Å². The lowest BCUT2D eigenvalue weighted by atomic mass is 9.99. The average molecular weight is 188 g/mol. The van der Waals surface area contributed by atoms with E-state index in [9.17, 15) is 0 Å². The number of benzene rings is 1. The van der Waals surface area contributed by atoms with Crippen molar-refractivity contribution in [2.24, 2.45) is 0 Å². The standard InChI is InChI=1S/C12H16N2/c1-13-8-7-10-9-5-3-4-6-11(9)14(2)12(10)13/h3-6,10,12H,7-8H2,1-2H3. The van der Waals surface area contributed by atoms with Crippen LogP contribution in [0.15, 0.2) is 24.3 Å². The van der Waals surface area contributed by atoms with Gasteiger partial charge in [0.15, 0.2) is 0 Å². The van der Waals surface area contributed by atoms with Crippen molar-refractivity contribution in [2.45, 2.75) is 18.5 Å². The summed E-state index contributed by atoms with van der Waals surface area (Å²) >= 11 is 0. The van der Waals surface area contributed by atoms with Crippen LogP contribution < -0.4 is 4.90 Å². The summed E-state index contributed by atoms with van der Waals surface area (Å²) in [6.45, 7) is 1.23. The second-order valence-corrected chi connectivity index (χ2v) is 4.46. The van der Waals surface area contributed by atoms with Crippen molar-refractivity contribution in [3.8, 4) is 0 Å². The molecule has 1 aromatic rings. The van der Waals surface area contributed by atoms with E-state index in [2.05, 4.69) is 48.2 Å². The van der Waals surface area contributed by atoms with Crippen molar-refractivity contribution in [3.05, 3.63) is 29.8 Å². The highest BCUT2D eigenvalue weighted by Crippen LogP contribution is 2.45. The SMILES string of the molecule is CN1CCC2c3ccccc3N(C)C21. The summed E-state index contributed by atoms with van der Waals surface area (Å²) in [5.74, 6) is 0.737. The number of hydrogen-bond donors (Lipinski definition) is 0. The molecule has 0 bridgehead atoms. The highest BCUT2D eigenvalue weighted by Gasteiger charge is 2.42. The molecule has 2 unspecified atom stereocenters. The maximum absolute atomic E-state index is 2.46. The number of likely N-dealkylation sites (N-methyl/N-ethyl adjacent to an activating group) is 2. The molecule has 1 saturated heterocycles. The molecule has 2 heteroatoms. The number of nitrogens with zero attached hydrogens (tertiary/aromatic N) is 2. The van der Waals surface area contributed by atoms with Gasteiger partial charge < -0.3 is 4.90 Å². The average Bonchev–Trinajstić information content (AvgIpc) is 2.70. The molecular weight excluding hydrogens is 172 g/mol. The molecule has 74 valence electrons. The zero-order chi connectivity index (χ0) is 9.71. The van der Waals surface area contributed by atoms with Gasteiger partial charge in [0.05, 0.1) is 6.17 Å². The van der Waals surface area contributed by atoms with Crippen molar-refractivity contribution in [1.29, 1.82) is 0 Å². The van der Waals surface area contributed by atoms with E-state index in [4.69, 9.17) is 0 Å². The third-order valence-electron chi connectivity index (χ3n) is 3.72. The summed E-state index contributed by atoms with van der Waals surface area (Å²) < 4.78 is 0. The second kappa shape index (κ2) is 2.74. The van der Waals surface area contributed by atoms with Crippen LogP contribution >= 0.6 is 0 Å². The summed E-state index contributed by atoms with van der Waals surface area (Å²) in [6.07, 6.45) is 1.91. The van der Waals surface area contributed by atoms with Gasteiger partial charge in [-0.1, -0.05) is 18.2 Å². The molecule has 0 aromatic heterocycles. The van der Waals surface area contributed by atoms with Gasteiger partial charge in [0.2, 0.25) is 0 Å². The largest absolute Gasteiger partial charge is 0.358 e. The molecule has 0 aliphatic carbocycles. The number of anilines is 1. The van der Waals surface area contributed by atoms with Crippen LogP contribution in [0.25, 0.3) is 0 Å². The summed E-state index contributed by atoms with van der Waals surface area (Å²) in [4.78, 5) is 4.89. The third kappa shape index (κ3) is 0.894. The van der Waals surface area contributed by atoms with Crippen molar-refractivity contribution in [3.63, 3.8) is 0 Å². The first-order chi connectivity index (χ1) is 6.79. The topological polar surface area (TPSA) is 6.48 Å². The van der Waals surface area contributed by atoms with Gasteiger partial charge in [-0.05, 0) is 25.1 Å². The Hall–Kier alpha value is -1.02. The highest BCUT2D eigenvalue weighted by atomic mass is 15.4. The Balaban J connectivity index is 2.10. The Morgan fingerprint density at radius 2 is 2.00 bits per heavy atom. The number of para-hydroxylation sites is 1. The van der Waals surface area contributed by atoms with E-state index in [0.29, 0.717) is 6.17 Å². The molecule has 0 saturated carbocycles. The fourth-order valence-corrected chi connectivity index (χ4v) is 3.08. The van der Waals surface area contributed by atoms with E-state index in [1.54, 1.807) is 5.56 Å². The molecule has 2 aliphatic heterocycles. The van der Waals surface area contributed by atoms with Crippen molar-refractivity contribution in [1.82, 2.24) is 4.90 Å². The Morgan fingerprint density at radius 3 is 2.86 bits per heavy atom. The lowest BCUT2D eigenvalue weighted by molar-refractivity contribution is 0.305. The van der Waals surface area contributed by atoms with E-state index in [0.717, 1.165) is 5.92 Å². The molecule has 1 aromatic carbocycles. The van der Waals surface area contributed by atoms with Crippen LogP contribution in [-0.2, 0) is 0 Å². The Kier molecular flexibility index (Phi) is 1.62.